The Morgan fingerprint density at radius 1 is 1.43 bits per heavy atom. The van der Waals surface area contributed by atoms with Crippen LogP contribution in [0.3, 0.4) is 0 Å². The summed E-state index contributed by atoms with van der Waals surface area (Å²) in [6.07, 6.45) is 1.26. The van der Waals surface area contributed by atoms with Gasteiger partial charge in [-0.2, -0.15) is 0 Å². The lowest BCUT2D eigenvalue weighted by Crippen LogP contribution is -2.47. The quantitative estimate of drug-likeness (QED) is 0.772. The predicted molar refractivity (Wildman–Crippen MR) is 83.6 cm³/mol. The molecular formula is C16H28FN3O. The van der Waals surface area contributed by atoms with Crippen LogP contribution < -0.4 is 5.32 Å². The SMILES string of the molecule is CCNC(c1ccc(F)cn1)C(C)CN(C)C(C)(C)CO. The Morgan fingerprint density at radius 3 is 2.57 bits per heavy atom. The minimum Gasteiger partial charge on any atom is -0.394 e. The van der Waals surface area contributed by atoms with Crippen molar-refractivity contribution in [1.82, 2.24) is 15.2 Å². The van der Waals surface area contributed by atoms with Crippen molar-refractivity contribution in [3.05, 3.63) is 29.8 Å². The van der Waals surface area contributed by atoms with Crippen molar-refractivity contribution in [3.8, 4) is 0 Å². The van der Waals surface area contributed by atoms with Crippen LogP contribution in [0.1, 0.15) is 39.4 Å². The van der Waals surface area contributed by atoms with E-state index in [2.05, 4.69) is 22.1 Å². The van der Waals surface area contributed by atoms with E-state index in [1.54, 1.807) is 6.07 Å². The molecule has 2 unspecified atom stereocenters. The number of likely N-dealkylation sites (N-methyl/N-ethyl adjacent to an activating group) is 1. The normalized spacial score (nSPS) is 15.2. The van der Waals surface area contributed by atoms with Crippen molar-refractivity contribution in [3.63, 3.8) is 0 Å². The number of nitrogens with zero attached hydrogens (tertiary/aromatic N) is 2. The van der Waals surface area contributed by atoms with Crippen molar-refractivity contribution in [1.29, 1.82) is 0 Å². The van der Waals surface area contributed by atoms with Crippen molar-refractivity contribution < 1.29 is 9.50 Å². The lowest BCUT2D eigenvalue weighted by Gasteiger charge is -2.37. The van der Waals surface area contributed by atoms with E-state index >= 15 is 0 Å². The van der Waals surface area contributed by atoms with Gasteiger partial charge < -0.3 is 10.4 Å². The van der Waals surface area contributed by atoms with E-state index in [1.165, 1.54) is 12.3 Å². The zero-order chi connectivity index (χ0) is 16.0. The van der Waals surface area contributed by atoms with Crippen LogP contribution in [-0.2, 0) is 0 Å². The van der Waals surface area contributed by atoms with Gasteiger partial charge in [-0.25, -0.2) is 4.39 Å². The Kier molecular flexibility index (Phi) is 6.71. The molecule has 0 aliphatic carbocycles. The van der Waals surface area contributed by atoms with Gasteiger partial charge >= 0.3 is 0 Å². The van der Waals surface area contributed by atoms with E-state index in [9.17, 15) is 9.50 Å². The molecule has 21 heavy (non-hydrogen) atoms. The van der Waals surface area contributed by atoms with Crippen LogP contribution in [0.25, 0.3) is 0 Å². The largest absolute Gasteiger partial charge is 0.394 e. The topological polar surface area (TPSA) is 48.4 Å². The van der Waals surface area contributed by atoms with Crippen LogP contribution in [0.4, 0.5) is 4.39 Å². The maximum Gasteiger partial charge on any atom is 0.141 e. The van der Waals surface area contributed by atoms with Gasteiger partial charge in [-0.3, -0.25) is 9.88 Å². The van der Waals surface area contributed by atoms with Crippen LogP contribution in [0.15, 0.2) is 18.3 Å². The molecule has 120 valence electrons. The molecule has 0 aromatic carbocycles. The molecule has 0 spiro atoms. The first-order valence-corrected chi connectivity index (χ1v) is 7.48. The lowest BCUT2D eigenvalue weighted by atomic mass is 9.95. The van der Waals surface area contributed by atoms with Crippen LogP contribution in [-0.4, -0.2) is 47.3 Å². The highest BCUT2D eigenvalue weighted by molar-refractivity contribution is 5.11. The van der Waals surface area contributed by atoms with Crippen LogP contribution in [0, 0.1) is 11.7 Å². The number of aromatic nitrogens is 1. The molecule has 1 rings (SSSR count). The highest BCUT2D eigenvalue weighted by Gasteiger charge is 2.27. The Bertz CT molecular complexity index is 422. The summed E-state index contributed by atoms with van der Waals surface area (Å²) in [6, 6.07) is 3.24. The fourth-order valence-electron chi connectivity index (χ4n) is 2.29. The standard InChI is InChI=1S/C16H28FN3O/c1-6-18-15(14-8-7-13(17)9-19-14)12(2)10-20(5)16(3,4)11-21/h7-9,12,15,18,21H,6,10-11H2,1-5H3. The molecule has 0 amide bonds. The fraction of sp³-hybridized carbons (Fsp3) is 0.688. The summed E-state index contributed by atoms with van der Waals surface area (Å²) >= 11 is 0. The second-order valence-electron chi connectivity index (χ2n) is 6.26. The molecule has 0 aliphatic heterocycles. The first-order chi connectivity index (χ1) is 9.81. The van der Waals surface area contributed by atoms with Crippen LogP contribution >= 0.6 is 0 Å². The molecule has 0 saturated heterocycles. The molecular weight excluding hydrogens is 269 g/mol. The molecule has 4 nitrogen and oxygen atoms in total. The number of aliphatic hydroxyl groups is 1. The first kappa shape index (κ1) is 18.0. The molecule has 2 atom stereocenters. The van der Waals surface area contributed by atoms with Gasteiger partial charge in [-0.15, -0.1) is 0 Å². The van der Waals surface area contributed by atoms with Gasteiger partial charge in [0.25, 0.3) is 0 Å². The van der Waals surface area contributed by atoms with E-state index in [4.69, 9.17) is 0 Å². The highest BCUT2D eigenvalue weighted by Crippen LogP contribution is 2.23. The van der Waals surface area contributed by atoms with Crippen molar-refractivity contribution in [2.45, 2.75) is 39.3 Å². The second kappa shape index (κ2) is 7.82. The molecule has 0 bridgehead atoms. The summed E-state index contributed by atoms with van der Waals surface area (Å²) in [6.45, 7) is 9.95. The molecule has 0 aliphatic rings. The Balaban J connectivity index is 2.83. The monoisotopic (exact) mass is 297 g/mol. The highest BCUT2D eigenvalue weighted by atomic mass is 19.1. The third-order valence-electron chi connectivity index (χ3n) is 4.04. The van der Waals surface area contributed by atoms with Crippen LogP contribution in [0.5, 0.6) is 0 Å². The van der Waals surface area contributed by atoms with Crippen molar-refractivity contribution in [2.75, 3.05) is 26.7 Å². The molecule has 1 heterocycles. The van der Waals surface area contributed by atoms with Gasteiger partial charge in [0.15, 0.2) is 0 Å². The maximum atomic E-state index is 13.0. The Hall–Kier alpha value is -1.04. The van der Waals surface area contributed by atoms with Gasteiger partial charge in [0, 0.05) is 12.1 Å². The summed E-state index contributed by atoms with van der Waals surface area (Å²) in [5.74, 6) is -0.0427. The third-order valence-corrected chi connectivity index (χ3v) is 4.04. The summed E-state index contributed by atoms with van der Waals surface area (Å²) in [7, 11) is 2.01. The van der Waals surface area contributed by atoms with Gasteiger partial charge in [0.2, 0.25) is 0 Å². The van der Waals surface area contributed by atoms with E-state index in [1.807, 2.05) is 27.8 Å². The van der Waals surface area contributed by atoms with Gasteiger partial charge in [-0.1, -0.05) is 13.8 Å². The molecule has 1 aromatic heterocycles. The zero-order valence-electron chi connectivity index (χ0n) is 13.7. The Labute approximate surface area is 127 Å². The number of nitrogens with one attached hydrogen (secondary N) is 1. The summed E-state index contributed by atoms with van der Waals surface area (Å²) in [5.41, 5.74) is 0.585. The number of aliphatic hydroxyl groups excluding tert-OH is 1. The minimum absolute atomic E-state index is 0.0625. The van der Waals surface area contributed by atoms with Crippen molar-refractivity contribution >= 4 is 0 Å². The second-order valence-corrected chi connectivity index (χ2v) is 6.26. The number of rotatable bonds is 8. The molecule has 0 saturated carbocycles. The molecule has 1 aromatic rings. The molecule has 2 N–H and O–H groups in total. The molecule has 0 fully saturated rings. The molecule has 5 heteroatoms. The van der Waals surface area contributed by atoms with E-state index < -0.39 is 0 Å². The third kappa shape index (κ3) is 5.02. The van der Waals surface area contributed by atoms with Crippen molar-refractivity contribution in [2.24, 2.45) is 5.92 Å². The van der Waals surface area contributed by atoms with E-state index in [-0.39, 0.29) is 29.9 Å². The number of hydrogen-bond acceptors (Lipinski definition) is 4. The average molecular weight is 297 g/mol. The number of pyridine rings is 1. The molecule has 0 radical (unpaired) electrons. The first-order valence-electron chi connectivity index (χ1n) is 7.48. The van der Waals surface area contributed by atoms with Crippen LogP contribution in [0.2, 0.25) is 0 Å². The summed E-state index contributed by atoms with van der Waals surface area (Å²) in [4.78, 5) is 6.35. The van der Waals surface area contributed by atoms with E-state index in [0.29, 0.717) is 0 Å². The number of halogens is 1. The average Bonchev–Trinajstić information content (AvgIpc) is 2.45. The Morgan fingerprint density at radius 2 is 2.10 bits per heavy atom. The maximum absolute atomic E-state index is 13.0. The van der Waals surface area contributed by atoms with Gasteiger partial charge in [0.05, 0.1) is 24.5 Å². The van der Waals surface area contributed by atoms with E-state index in [0.717, 1.165) is 18.8 Å². The van der Waals surface area contributed by atoms with Gasteiger partial charge in [0.1, 0.15) is 5.82 Å². The fourth-order valence-corrected chi connectivity index (χ4v) is 2.29. The van der Waals surface area contributed by atoms with Gasteiger partial charge in [-0.05, 0) is 45.5 Å². The zero-order valence-corrected chi connectivity index (χ0v) is 13.7. The smallest absolute Gasteiger partial charge is 0.141 e. The minimum atomic E-state index is -0.319. The predicted octanol–water partition coefficient (Wildman–Crippen LogP) is 2.21. The lowest BCUT2D eigenvalue weighted by molar-refractivity contribution is 0.0629. The summed E-state index contributed by atoms with van der Waals surface area (Å²) in [5, 5.41) is 12.9. The number of hydrogen-bond donors (Lipinski definition) is 2. The summed E-state index contributed by atoms with van der Waals surface area (Å²) < 4.78 is 13.0.